The summed E-state index contributed by atoms with van der Waals surface area (Å²) in [7, 11) is 0. The van der Waals surface area contributed by atoms with Crippen LogP contribution in [0.25, 0.3) is 73.0 Å². The van der Waals surface area contributed by atoms with Crippen LogP contribution in [0.2, 0.25) is 0 Å². The molecule has 0 aliphatic rings. The number of para-hydroxylation sites is 1. The molecule has 47 heavy (non-hydrogen) atoms. The number of hydrogen-bond acceptors (Lipinski definition) is 3. The third-order valence-electron chi connectivity index (χ3n) is 9.42. The van der Waals surface area contributed by atoms with E-state index in [2.05, 4.69) is 169 Å². The van der Waals surface area contributed by atoms with Gasteiger partial charge in [0.25, 0.3) is 0 Å². The van der Waals surface area contributed by atoms with E-state index in [1.165, 1.54) is 78.7 Å². The fourth-order valence-electron chi connectivity index (χ4n) is 7.23. The molecule has 8 aromatic carbocycles. The molecular formula is C44H27NS2. The maximum absolute atomic E-state index is 2.42. The number of thiophene rings is 2. The first-order chi connectivity index (χ1) is 23.3. The van der Waals surface area contributed by atoms with Gasteiger partial charge in [0.15, 0.2) is 0 Å². The molecule has 0 saturated heterocycles. The van der Waals surface area contributed by atoms with Gasteiger partial charge in [-0.3, -0.25) is 0 Å². The molecule has 0 aliphatic carbocycles. The van der Waals surface area contributed by atoms with Crippen molar-refractivity contribution in [2.75, 3.05) is 4.90 Å². The van der Waals surface area contributed by atoms with Gasteiger partial charge >= 0.3 is 0 Å². The maximum Gasteiger partial charge on any atom is 0.0547 e. The Morgan fingerprint density at radius 1 is 0.362 bits per heavy atom. The van der Waals surface area contributed by atoms with Gasteiger partial charge in [-0.25, -0.2) is 0 Å². The van der Waals surface area contributed by atoms with Crippen molar-refractivity contribution in [3.8, 4) is 11.1 Å². The fourth-order valence-corrected chi connectivity index (χ4v) is 9.72. The van der Waals surface area contributed by atoms with Crippen molar-refractivity contribution >= 4 is 102 Å². The second-order valence-electron chi connectivity index (χ2n) is 12.1. The topological polar surface area (TPSA) is 3.24 Å². The van der Waals surface area contributed by atoms with Gasteiger partial charge in [0.2, 0.25) is 0 Å². The molecule has 10 rings (SSSR count). The lowest BCUT2D eigenvalue weighted by atomic mass is 9.99. The van der Waals surface area contributed by atoms with E-state index in [0.29, 0.717) is 0 Å². The molecule has 3 heteroatoms. The van der Waals surface area contributed by atoms with Crippen LogP contribution >= 0.6 is 22.7 Å². The van der Waals surface area contributed by atoms with E-state index in [9.17, 15) is 0 Å². The standard InChI is InChI=1S/C44H27NS2/c1-2-13-31(14-3-1)45(32-23-21-28-11-4-5-12-29(28)25-32)40-27-39-36-24-22-30(26-42(36)47-44(39)37-17-7-6-15-34(37)40)33-18-10-19-38-35-16-8-9-20-41(35)46-43(33)38/h1-27H. The van der Waals surface area contributed by atoms with Crippen LogP contribution < -0.4 is 4.90 Å². The molecular weight excluding hydrogens is 607 g/mol. The summed E-state index contributed by atoms with van der Waals surface area (Å²) < 4.78 is 5.35. The smallest absolute Gasteiger partial charge is 0.0547 e. The predicted octanol–water partition coefficient (Wildman–Crippen LogP) is 13.9. The predicted molar refractivity (Wildman–Crippen MR) is 207 cm³/mol. The van der Waals surface area contributed by atoms with Crippen molar-refractivity contribution in [2.45, 2.75) is 0 Å². The first-order valence-electron chi connectivity index (χ1n) is 15.9. The lowest BCUT2D eigenvalue weighted by Gasteiger charge is -2.27. The highest BCUT2D eigenvalue weighted by Crippen LogP contribution is 2.48. The lowest BCUT2D eigenvalue weighted by molar-refractivity contribution is 1.31. The molecule has 0 N–H and O–H groups in total. The number of benzene rings is 8. The molecule has 10 aromatic rings. The largest absolute Gasteiger partial charge is 0.310 e. The third kappa shape index (κ3) is 4.21. The van der Waals surface area contributed by atoms with Gasteiger partial charge in [0.1, 0.15) is 0 Å². The molecule has 0 spiro atoms. The fraction of sp³-hybridized carbons (Fsp3) is 0. The highest BCUT2D eigenvalue weighted by atomic mass is 32.1. The van der Waals surface area contributed by atoms with Crippen LogP contribution in [-0.4, -0.2) is 0 Å². The van der Waals surface area contributed by atoms with Gasteiger partial charge in [0.05, 0.1) is 5.69 Å². The number of fused-ring (bicyclic) bond motifs is 9. The van der Waals surface area contributed by atoms with Crippen molar-refractivity contribution < 1.29 is 0 Å². The van der Waals surface area contributed by atoms with E-state index < -0.39 is 0 Å². The van der Waals surface area contributed by atoms with Crippen LogP contribution in [0.1, 0.15) is 0 Å². The van der Waals surface area contributed by atoms with E-state index in [1.54, 1.807) is 0 Å². The van der Waals surface area contributed by atoms with E-state index in [1.807, 2.05) is 22.7 Å². The Morgan fingerprint density at radius 2 is 1.04 bits per heavy atom. The summed E-state index contributed by atoms with van der Waals surface area (Å²) in [6.45, 7) is 0. The van der Waals surface area contributed by atoms with Crippen LogP contribution in [0.5, 0.6) is 0 Å². The first kappa shape index (κ1) is 26.7. The highest BCUT2D eigenvalue weighted by molar-refractivity contribution is 7.27. The zero-order valence-corrected chi connectivity index (χ0v) is 27.0. The van der Waals surface area contributed by atoms with E-state index in [-0.39, 0.29) is 0 Å². The van der Waals surface area contributed by atoms with Gasteiger partial charge < -0.3 is 4.90 Å². The lowest BCUT2D eigenvalue weighted by Crippen LogP contribution is -2.10. The van der Waals surface area contributed by atoms with Crippen molar-refractivity contribution in [1.82, 2.24) is 0 Å². The normalized spacial score (nSPS) is 11.8. The van der Waals surface area contributed by atoms with E-state index >= 15 is 0 Å². The summed E-state index contributed by atoms with van der Waals surface area (Å²) in [5, 5.41) is 10.3. The summed E-state index contributed by atoms with van der Waals surface area (Å²) in [6.07, 6.45) is 0. The molecule has 1 nitrogen and oxygen atoms in total. The Balaban J connectivity index is 1.21. The number of nitrogens with zero attached hydrogens (tertiary/aromatic N) is 1. The van der Waals surface area contributed by atoms with Crippen molar-refractivity contribution in [1.29, 1.82) is 0 Å². The average molecular weight is 634 g/mol. The van der Waals surface area contributed by atoms with Crippen LogP contribution in [0.4, 0.5) is 17.1 Å². The second kappa shape index (κ2) is 10.5. The molecule has 0 amide bonds. The Kier molecular flexibility index (Phi) is 5.98. The number of hydrogen-bond donors (Lipinski definition) is 0. The van der Waals surface area contributed by atoms with Crippen molar-refractivity contribution in [3.63, 3.8) is 0 Å². The molecule has 0 radical (unpaired) electrons. The molecule has 0 aliphatic heterocycles. The minimum Gasteiger partial charge on any atom is -0.310 e. The Bertz CT molecular complexity index is 2810. The highest BCUT2D eigenvalue weighted by Gasteiger charge is 2.20. The van der Waals surface area contributed by atoms with Crippen LogP contribution in [0.15, 0.2) is 164 Å². The van der Waals surface area contributed by atoms with E-state index in [4.69, 9.17) is 0 Å². The molecule has 2 heterocycles. The van der Waals surface area contributed by atoms with Crippen molar-refractivity contribution in [2.24, 2.45) is 0 Å². The van der Waals surface area contributed by atoms with Crippen molar-refractivity contribution in [3.05, 3.63) is 164 Å². The summed E-state index contributed by atoms with van der Waals surface area (Å²) in [6, 6.07) is 60.1. The number of anilines is 3. The SMILES string of the molecule is c1ccc(N(c2ccc3ccccc3c2)c2cc3c4ccc(-c5cccc6c5sc5ccccc56)cc4sc3c3ccccc23)cc1. The minimum absolute atomic E-state index is 1.14. The van der Waals surface area contributed by atoms with Gasteiger partial charge in [-0.2, -0.15) is 0 Å². The average Bonchev–Trinajstić information content (AvgIpc) is 3.70. The molecule has 0 atom stereocenters. The van der Waals surface area contributed by atoms with Gasteiger partial charge in [-0.15, -0.1) is 22.7 Å². The summed E-state index contributed by atoms with van der Waals surface area (Å²) in [4.78, 5) is 2.42. The minimum atomic E-state index is 1.14. The molecule has 2 aromatic heterocycles. The quantitative estimate of drug-likeness (QED) is 0.186. The molecule has 0 bridgehead atoms. The van der Waals surface area contributed by atoms with Gasteiger partial charge in [-0.05, 0) is 64.4 Å². The van der Waals surface area contributed by atoms with Crippen LogP contribution in [-0.2, 0) is 0 Å². The second-order valence-corrected chi connectivity index (χ2v) is 14.2. The van der Waals surface area contributed by atoms with Crippen LogP contribution in [0, 0.1) is 0 Å². The summed E-state index contributed by atoms with van der Waals surface area (Å²) >= 11 is 3.80. The van der Waals surface area contributed by atoms with Crippen LogP contribution in [0.3, 0.4) is 0 Å². The molecule has 0 saturated carbocycles. The first-order valence-corrected chi connectivity index (χ1v) is 17.6. The van der Waals surface area contributed by atoms with Gasteiger partial charge in [0, 0.05) is 62.5 Å². The molecule has 220 valence electrons. The Morgan fingerprint density at radius 3 is 1.94 bits per heavy atom. The van der Waals surface area contributed by atoms with Gasteiger partial charge in [-0.1, -0.05) is 121 Å². The number of rotatable bonds is 4. The molecule has 0 fully saturated rings. The third-order valence-corrected chi connectivity index (χ3v) is 11.8. The van der Waals surface area contributed by atoms with E-state index in [0.717, 1.165) is 11.4 Å². The Labute approximate surface area is 280 Å². The summed E-state index contributed by atoms with van der Waals surface area (Å²) in [5.74, 6) is 0. The maximum atomic E-state index is 2.42. The summed E-state index contributed by atoms with van der Waals surface area (Å²) in [5.41, 5.74) is 6.06. The Hall–Kier alpha value is -5.48. The zero-order valence-electron chi connectivity index (χ0n) is 25.4. The molecule has 0 unspecified atom stereocenters. The zero-order chi connectivity index (χ0) is 30.9. The monoisotopic (exact) mass is 633 g/mol.